The summed E-state index contributed by atoms with van der Waals surface area (Å²) in [4.78, 5) is 16.0. The lowest BCUT2D eigenvalue weighted by Gasteiger charge is -2.07. The molecule has 0 atom stereocenters. The van der Waals surface area contributed by atoms with Crippen molar-refractivity contribution in [3.05, 3.63) is 24.0 Å². The van der Waals surface area contributed by atoms with E-state index >= 15 is 0 Å². The number of hydrogen-bond acceptors (Lipinski definition) is 3. The molecule has 0 aromatic carbocycles. The van der Waals surface area contributed by atoms with Gasteiger partial charge in [-0.1, -0.05) is 33.1 Å². The molecule has 0 aliphatic rings. The summed E-state index contributed by atoms with van der Waals surface area (Å²) in [5.74, 6) is -0.0864. The van der Waals surface area contributed by atoms with Crippen molar-refractivity contribution in [2.75, 3.05) is 18.4 Å². The summed E-state index contributed by atoms with van der Waals surface area (Å²) in [5.41, 5.74) is 1.43. The van der Waals surface area contributed by atoms with Crippen LogP contribution in [0.5, 0.6) is 0 Å². The van der Waals surface area contributed by atoms with Gasteiger partial charge in [-0.05, 0) is 25.0 Å². The van der Waals surface area contributed by atoms with Crippen molar-refractivity contribution in [1.29, 1.82) is 0 Å². The van der Waals surface area contributed by atoms with Gasteiger partial charge in [0.1, 0.15) is 5.69 Å². The quantitative estimate of drug-likeness (QED) is 0.673. The molecule has 1 amide bonds. The van der Waals surface area contributed by atoms with Crippen LogP contribution in [0.2, 0.25) is 0 Å². The molecule has 0 fully saturated rings. The first kappa shape index (κ1) is 15.5. The lowest BCUT2D eigenvalue weighted by Crippen LogP contribution is -2.25. The maximum atomic E-state index is 11.9. The molecule has 0 radical (unpaired) electrons. The van der Waals surface area contributed by atoms with E-state index in [0.717, 1.165) is 31.6 Å². The fourth-order valence-electron chi connectivity index (χ4n) is 1.78. The predicted octanol–water partition coefficient (Wildman–Crippen LogP) is 3.21. The molecule has 0 saturated carbocycles. The Morgan fingerprint density at radius 3 is 2.74 bits per heavy atom. The van der Waals surface area contributed by atoms with Crippen molar-refractivity contribution in [3.8, 4) is 0 Å². The van der Waals surface area contributed by atoms with Crippen LogP contribution in [0.15, 0.2) is 18.3 Å². The molecule has 19 heavy (non-hydrogen) atoms. The number of anilines is 1. The number of nitrogens with zero attached hydrogens (tertiary/aromatic N) is 1. The molecule has 1 aromatic heterocycles. The molecule has 0 spiro atoms. The van der Waals surface area contributed by atoms with Crippen LogP contribution in [0.3, 0.4) is 0 Å². The summed E-state index contributed by atoms with van der Waals surface area (Å²) >= 11 is 0. The topological polar surface area (TPSA) is 54.0 Å². The molecule has 0 unspecified atom stereocenters. The highest BCUT2D eigenvalue weighted by Gasteiger charge is 2.06. The highest BCUT2D eigenvalue weighted by atomic mass is 16.1. The van der Waals surface area contributed by atoms with Crippen LogP contribution < -0.4 is 10.6 Å². The van der Waals surface area contributed by atoms with Gasteiger partial charge >= 0.3 is 0 Å². The molecule has 106 valence electrons. The van der Waals surface area contributed by atoms with E-state index in [4.69, 9.17) is 0 Å². The maximum absolute atomic E-state index is 11.9. The van der Waals surface area contributed by atoms with Gasteiger partial charge in [-0.15, -0.1) is 0 Å². The monoisotopic (exact) mass is 263 g/mol. The van der Waals surface area contributed by atoms with Crippen LogP contribution in [0.4, 0.5) is 5.69 Å². The van der Waals surface area contributed by atoms with E-state index in [9.17, 15) is 4.79 Å². The molecule has 0 aliphatic heterocycles. The Kier molecular flexibility index (Phi) is 7.63. The SMILES string of the molecule is CCCCCCNC(=O)c1cc(NCCC)ccn1. The Bertz CT molecular complexity index is 379. The van der Waals surface area contributed by atoms with Gasteiger partial charge < -0.3 is 10.6 Å². The lowest BCUT2D eigenvalue weighted by atomic mass is 10.2. The van der Waals surface area contributed by atoms with Crippen molar-refractivity contribution in [2.45, 2.75) is 46.0 Å². The van der Waals surface area contributed by atoms with Crippen LogP contribution in [0.25, 0.3) is 0 Å². The van der Waals surface area contributed by atoms with Gasteiger partial charge in [0.2, 0.25) is 0 Å². The summed E-state index contributed by atoms with van der Waals surface area (Å²) < 4.78 is 0. The molecule has 4 nitrogen and oxygen atoms in total. The third-order valence-corrected chi connectivity index (χ3v) is 2.89. The number of nitrogens with one attached hydrogen (secondary N) is 2. The van der Waals surface area contributed by atoms with Gasteiger partial charge in [-0.25, -0.2) is 0 Å². The van der Waals surface area contributed by atoms with Crippen LogP contribution in [-0.4, -0.2) is 24.0 Å². The molecule has 4 heteroatoms. The van der Waals surface area contributed by atoms with E-state index in [-0.39, 0.29) is 5.91 Å². The van der Waals surface area contributed by atoms with Gasteiger partial charge in [0.05, 0.1) is 0 Å². The fraction of sp³-hybridized carbons (Fsp3) is 0.600. The van der Waals surface area contributed by atoms with Crippen molar-refractivity contribution in [1.82, 2.24) is 10.3 Å². The standard InChI is InChI=1S/C15H25N3O/c1-3-5-6-7-10-18-15(19)14-12-13(8-11-17-14)16-9-4-2/h8,11-12H,3-7,9-10H2,1-2H3,(H,16,17)(H,18,19). The molecule has 1 rings (SSSR count). The molecular formula is C15H25N3O. The number of pyridine rings is 1. The van der Waals surface area contributed by atoms with E-state index < -0.39 is 0 Å². The average molecular weight is 263 g/mol. The third-order valence-electron chi connectivity index (χ3n) is 2.89. The highest BCUT2D eigenvalue weighted by Crippen LogP contribution is 2.08. The zero-order chi connectivity index (χ0) is 13.9. The zero-order valence-corrected chi connectivity index (χ0v) is 12.0. The molecule has 0 saturated heterocycles. The number of unbranched alkanes of at least 4 members (excludes halogenated alkanes) is 3. The largest absolute Gasteiger partial charge is 0.385 e. The number of rotatable bonds is 9. The highest BCUT2D eigenvalue weighted by molar-refractivity contribution is 5.93. The van der Waals surface area contributed by atoms with E-state index in [2.05, 4.69) is 29.5 Å². The summed E-state index contributed by atoms with van der Waals surface area (Å²) in [5, 5.41) is 6.17. The Labute approximate surface area is 116 Å². The minimum Gasteiger partial charge on any atom is -0.385 e. The van der Waals surface area contributed by atoms with Crippen LogP contribution in [0, 0.1) is 0 Å². The molecule has 1 heterocycles. The fourth-order valence-corrected chi connectivity index (χ4v) is 1.78. The van der Waals surface area contributed by atoms with Gasteiger partial charge in [-0.2, -0.15) is 0 Å². The van der Waals surface area contributed by atoms with E-state index in [1.807, 2.05) is 6.07 Å². The summed E-state index contributed by atoms with van der Waals surface area (Å²) in [6.45, 7) is 5.92. The first-order valence-corrected chi connectivity index (χ1v) is 7.26. The molecular weight excluding hydrogens is 238 g/mol. The number of aromatic nitrogens is 1. The van der Waals surface area contributed by atoms with Gasteiger partial charge in [-0.3, -0.25) is 9.78 Å². The lowest BCUT2D eigenvalue weighted by molar-refractivity contribution is 0.0948. The molecule has 2 N–H and O–H groups in total. The Balaban J connectivity index is 2.38. The minimum atomic E-state index is -0.0864. The van der Waals surface area contributed by atoms with E-state index in [1.54, 1.807) is 12.3 Å². The Morgan fingerprint density at radius 2 is 2.00 bits per heavy atom. The second kappa shape index (κ2) is 9.36. The predicted molar refractivity (Wildman–Crippen MR) is 79.5 cm³/mol. The van der Waals surface area contributed by atoms with E-state index in [1.165, 1.54) is 19.3 Å². The third kappa shape index (κ3) is 6.22. The number of carbonyl (C=O) groups is 1. The summed E-state index contributed by atoms with van der Waals surface area (Å²) in [6, 6.07) is 3.69. The zero-order valence-electron chi connectivity index (χ0n) is 12.0. The van der Waals surface area contributed by atoms with Gasteiger partial charge in [0.25, 0.3) is 5.91 Å². The molecule has 1 aromatic rings. The summed E-state index contributed by atoms with van der Waals surface area (Å²) in [7, 11) is 0. The number of amides is 1. The van der Waals surface area contributed by atoms with Gasteiger partial charge in [0, 0.05) is 25.0 Å². The van der Waals surface area contributed by atoms with Crippen molar-refractivity contribution < 1.29 is 4.79 Å². The second-order valence-corrected chi connectivity index (χ2v) is 4.67. The van der Waals surface area contributed by atoms with Crippen LogP contribution in [0.1, 0.15) is 56.4 Å². The number of hydrogen-bond donors (Lipinski definition) is 2. The van der Waals surface area contributed by atoms with Crippen molar-refractivity contribution in [2.24, 2.45) is 0 Å². The Hall–Kier alpha value is -1.58. The molecule has 0 bridgehead atoms. The smallest absolute Gasteiger partial charge is 0.269 e. The van der Waals surface area contributed by atoms with E-state index in [0.29, 0.717) is 5.69 Å². The second-order valence-electron chi connectivity index (χ2n) is 4.67. The maximum Gasteiger partial charge on any atom is 0.269 e. The van der Waals surface area contributed by atoms with Crippen LogP contribution in [-0.2, 0) is 0 Å². The van der Waals surface area contributed by atoms with Gasteiger partial charge in [0.15, 0.2) is 0 Å². The van der Waals surface area contributed by atoms with Crippen LogP contribution >= 0.6 is 0 Å². The molecule has 0 aliphatic carbocycles. The first-order valence-electron chi connectivity index (χ1n) is 7.26. The van der Waals surface area contributed by atoms with Crippen molar-refractivity contribution >= 4 is 11.6 Å². The normalized spacial score (nSPS) is 10.2. The minimum absolute atomic E-state index is 0.0864. The number of carbonyl (C=O) groups excluding carboxylic acids is 1. The van der Waals surface area contributed by atoms with Crippen molar-refractivity contribution in [3.63, 3.8) is 0 Å². The Morgan fingerprint density at radius 1 is 1.16 bits per heavy atom. The first-order chi connectivity index (χ1) is 9.27. The average Bonchev–Trinajstić information content (AvgIpc) is 2.45. The summed E-state index contributed by atoms with van der Waals surface area (Å²) in [6.07, 6.45) is 7.37.